The minimum atomic E-state index is 0.310. The first-order valence-corrected chi connectivity index (χ1v) is 9.86. The lowest BCUT2D eigenvalue weighted by Crippen LogP contribution is -2.49. The molecule has 25 heavy (non-hydrogen) atoms. The molecule has 0 spiro atoms. The van der Waals surface area contributed by atoms with Crippen LogP contribution in [0.2, 0.25) is 10.0 Å². The summed E-state index contributed by atoms with van der Waals surface area (Å²) in [4.78, 5) is 5.09. The van der Waals surface area contributed by atoms with Crippen LogP contribution in [0.1, 0.15) is 30.0 Å². The molecule has 4 heteroatoms. The number of anilines is 1. The third-order valence-corrected chi connectivity index (χ3v) is 5.90. The lowest BCUT2D eigenvalue weighted by Gasteiger charge is -2.43. The second-order valence-corrected chi connectivity index (χ2v) is 8.26. The highest BCUT2D eigenvalue weighted by atomic mass is 35.5. The van der Waals surface area contributed by atoms with Gasteiger partial charge in [-0.2, -0.15) is 0 Å². The first-order chi connectivity index (χ1) is 12.1. The number of hydrogen-bond donors (Lipinski definition) is 0. The summed E-state index contributed by atoms with van der Waals surface area (Å²) in [7, 11) is 0. The van der Waals surface area contributed by atoms with E-state index in [1.807, 2.05) is 12.1 Å². The van der Waals surface area contributed by atoms with E-state index in [1.54, 1.807) is 0 Å². The SMILES string of the molecule is Cc1ccc(N2CCN(CC3CC3)CC2c2ccc(Cl)cc2)c(Cl)c1. The Labute approximate surface area is 160 Å². The quantitative estimate of drug-likeness (QED) is 0.689. The van der Waals surface area contributed by atoms with Crippen molar-refractivity contribution in [3.63, 3.8) is 0 Å². The molecule has 1 heterocycles. The molecule has 1 aliphatic heterocycles. The van der Waals surface area contributed by atoms with E-state index in [2.05, 4.69) is 47.1 Å². The molecule has 1 saturated heterocycles. The summed E-state index contributed by atoms with van der Waals surface area (Å²) in [6.07, 6.45) is 2.80. The zero-order valence-electron chi connectivity index (χ0n) is 14.6. The lowest BCUT2D eigenvalue weighted by atomic mass is 10.0. The standard InChI is InChI=1S/C21H24Cl2N2/c1-15-2-9-20(19(23)12-15)25-11-10-24(13-16-3-4-16)14-21(25)17-5-7-18(22)8-6-17/h2,5-9,12,16,21H,3-4,10-11,13-14H2,1H3. The second kappa shape index (κ2) is 7.19. The molecule has 2 nitrogen and oxygen atoms in total. The minimum Gasteiger partial charge on any atom is -0.361 e. The molecule has 0 radical (unpaired) electrons. The van der Waals surface area contributed by atoms with E-state index in [0.29, 0.717) is 6.04 Å². The number of rotatable bonds is 4. The number of aryl methyl sites for hydroxylation is 1. The Kier molecular flexibility index (Phi) is 4.95. The van der Waals surface area contributed by atoms with Crippen molar-refractivity contribution < 1.29 is 0 Å². The molecule has 132 valence electrons. The third kappa shape index (κ3) is 3.97. The predicted octanol–water partition coefficient (Wildman–Crippen LogP) is 5.58. The molecule has 2 aliphatic rings. The van der Waals surface area contributed by atoms with Crippen LogP contribution in [0.3, 0.4) is 0 Å². The molecule has 0 bridgehead atoms. The number of nitrogens with zero attached hydrogens (tertiary/aromatic N) is 2. The Balaban J connectivity index is 1.64. The Morgan fingerprint density at radius 3 is 2.44 bits per heavy atom. The first-order valence-electron chi connectivity index (χ1n) is 9.11. The first kappa shape index (κ1) is 17.2. The van der Waals surface area contributed by atoms with E-state index < -0.39 is 0 Å². The van der Waals surface area contributed by atoms with Crippen molar-refractivity contribution in [3.8, 4) is 0 Å². The highest BCUT2D eigenvalue weighted by Crippen LogP contribution is 2.37. The van der Waals surface area contributed by atoms with Crippen molar-refractivity contribution in [1.82, 2.24) is 4.90 Å². The molecule has 2 aromatic rings. The van der Waals surface area contributed by atoms with Crippen LogP contribution in [0.25, 0.3) is 0 Å². The molecule has 2 aromatic carbocycles. The van der Waals surface area contributed by atoms with Gasteiger partial charge >= 0.3 is 0 Å². The summed E-state index contributed by atoms with van der Waals surface area (Å²) in [6, 6.07) is 15.0. The molecule has 0 amide bonds. The molecular formula is C21H24Cl2N2. The fourth-order valence-electron chi connectivity index (χ4n) is 3.77. The summed E-state index contributed by atoms with van der Waals surface area (Å²) < 4.78 is 0. The molecule has 0 aromatic heterocycles. The highest BCUT2D eigenvalue weighted by molar-refractivity contribution is 6.33. The Morgan fingerprint density at radius 1 is 1.00 bits per heavy atom. The smallest absolute Gasteiger partial charge is 0.0670 e. The van der Waals surface area contributed by atoms with Crippen LogP contribution in [0, 0.1) is 12.8 Å². The van der Waals surface area contributed by atoms with E-state index in [-0.39, 0.29) is 0 Å². The van der Waals surface area contributed by atoms with Gasteiger partial charge in [-0.15, -0.1) is 0 Å². The Hall–Kier alpha value is -1.22. The molecular weight excluding hydrogens is 351 g/mol. The van der Waals surface area contributed by atoms with E-state index in [9.17, 15) is 0 Å². The van der Waals surface area contributed by atoms with Crippen molar-refractivity contribution in [2.75, 3.05) is 31.1 Å². The van der Waals surface area contributed by atoms with Crippen molar-refractivity contribution >= 4 is 28.9 Å². The van der Waals surface area contributed by atoms with E-state index in [0.717, 1.165) is 41.3 Å². The lowest BCUT2D eigenvalue weighted by molar-refractivity contribution is 0.215. The molecule has 4 rings (SSSR count). The molecule has 1 unspecified atom stereocenters. The van der Waals surface area contributed by atoms with Crippen LogP contribution < -0.4 is 4.90 Å². The van der Waals surface area contributed by atoms with Crippen LogP contribution in [0.4, 0.5) is 5.69 Å². The van der Waals surface area contributed by atoms with Gasteiger partial charge in [0, 0.05) is 31.2 Å². The summed E-state index contributed by atoms with van der Waals surface area (Å²) in [5, 5.41) is 1.63. The average molecular weight is 375 g/mol. The fourth-order valence-corrected chi connectivity index (χ4v) is 4.24. The zero-order valence-corrected chi connectivity index (χ0v) is 16.1. The van der Waals surface area contributed by atoms with Gasteiger partial charge in [0.15, 0.2) is 0 Å². The normalized spacial score (nSPS) is 21.6. The molecule has 2 fully saturated rings. The monoisotopic (exact) mass is 374 g/mol. The van der Waals surface area contributed by atoms with Crippen LogP contribution in [-0.4, -0.2) is 31.1 Å². The molecule has 1 atom stereocenters. The Bertz CT molecular complexity index is 740. The van der Waals surface area contributed by atoms with Crippen LogP contribution in [-0.2, 0) is 0 Å². The second-order valence-electron chi connectivity index (χ2n) is 7.42. The number of benzene rings is 2. The maximum absolute atomic E-state index is 6.60. The predicted molar refractivity (Wildman–Crippen MR) is 107 cm³/mol. The van der Waals surface area contributed by atoms with Gasteiger partial charge in [-0.05, 0) is 61.1 Å². The zero-order chi connectivity index (χ0) is 17.4. The Morgan fingerprint density at radius 2 is 1.76 bits per heavy atom. The van der Waals surface area contributed by atoms with E-state index in [1.165, 1.54) is 30.5 Å². The summed E-state index contributed by atoms with van der Waals surface area (Å²) in [5.74, 6) is 0.917. The highest BCUT2D eigenvalue weighted by Gasteiger charge is 2.32. The van der Waals surface area contributed by atoms with Gasteiger partial charge in [-0.1, -0.05) is 41.4 Å². The van der Waals surface area contributed by atoms with Crippen molar-refractivity contribution in [1.29, 1.82) is 0 Å². The van der Waals surface area contributed by atoms with Gasteiger partial charge < -0.3 is 4.90 Å². The molecule has 1 aliphatic carbocycles. The van der Waals surface area contributed by atoms with Gasteiger partial charge in [0.25, 0.3) is 0 Å². The van der Waals surface area contributed by atoms with Gasteiger partial charge in [0.05, 0.1) is 16.8 Å². The van der Waals surface area contributed by atoms with Gasteiger partial charge in [-0.3, -0.25) is 4.90 Å². The van der Waals surface area contributed by atoms with Gasteiger partial charge in [-0.25, -0.2) is 0 Å². The van der Waals surface area contributed by atoms with E-state index in [4.69, 9.17) is 23.2 Å². The number of hydrogen-bond acceptors (Lipinski definition) is 2. The maximum Gasteiger partial charge on any atom is 0.0670 e. The van der Waals surface area contributed by atoms with Crippen molar-refractivity contribution in [3.05, 3.63) is 63.6 Å². The van der Waals surface area contributed by atoms with Crippen LogP contribution in [0.5, 0.6) is 0 Å². The fraction of sp³-hybridized carbons (Fsp3) is 0.429. The number of halogens is 2. The topological polar surface area (TPSA) is 6.48 Å². The largest absolute Gasteiger partial charge is 0.361 e. The summed E-state index contributed by atoms with van der Waals surface area (Å²) in [6.45, 7) is 6.47. The van der Waals surface area contributed by atoms with Gasteiger partial charge in [0.1, 0.15) is 0 Å². The van der Waals surface area contributed by atoms with Crippen molar-refractivity contribution in [2.45, 2.75) is 25.8 Å². The minimum absolute atomic E-state index is 0.310. The molecule has 0 N–H and O–H groups in total. The summed E-state index contributed by atoms with van der Waals surface area (Å²) >= 11 is 12.7. The summed E-state index contributed by atoms with van der Waals surface area (Å²) in [5.41, 5.74) is 3.64. The van der Waals surface area contributed by atoms with Crippen molar-refractivity contribution in [2.24, 2.45) is 5.92 Å². The molecule has 1 saturated carbocycles. The van der Waals surface area contributed by atoms with Gasteiger partial charge in [0.2, 0.25) is 0 Å². The third-order valence-electron chi connectivity index (χ3n) is 5.35. The average Bonchev–Trinajstić information content (AvgIpc) is 3.40. The van der Waals surface area contributed by atoms with Crippen LogP contribution >= 0.6 is 23.2 Å². The van der Waals surface area contributed by atoms with E-state index >= 15 is 0 Å². The number of piperazine rings is 1. The maximum atomic E-state index is 6.60. The van der Waals surface area contributed by atoms with Crippen LogP contribution in [0.15, 0.2) is 42.5 Å².